The van der Waals surface area contributed by atoms with Crippen LogP contribution in [-0.2, 0) is 14.2 Å². The zero-order valence-electron chi connectivity index (χ0n) is 9.54. The second-order valence-electron chi connectivity index (χ2n) is 3.14. The third kappa shape index (κ3) is 9.92. The molecule has 0 bridgehead atoms. The minimum atomic E-state index is 0.416. The molecule has 0 aromatic rings. The molecule has 0 saturated heterocycles. The molecule has 0 aromatic carbocycles. The maximum atomic E-state index is 5.40. The molecule has 0 heterocycles. The van der Waals surface area contributed by atoms with E-state index in [-0.39, 0.29) is 0 Å². The van der Waals surface area contributed by atoms with Crippen molar-refractivity contribution in [3.63, 3.8) is 0 Å². The lowest BCUT2D eigenvalue weighted by molar-refractivity contribution is 0.0206. The zero-order valence-corrected chi connectivity index (χ0v) is 9.54. The molecular weight excluding hydrogens is 182 g/mol. The monoisotopic (exact) mass is 205 g/mol. The second-order valence-corrected chi connectivity index (χ2v) is 3.14. The Morgan fingerprint density at radius 3 is 2.36 bits per heavy atom. The zero-order chi connectivity index (χ0) is 10.6. The molecule has 0 fully saturated rings. The molecule has 0 aliphatic rings. The molecule has 0 amide bonds. The van der Waals surface area contributed by atoms with Gasteiger partial charge in [-0.05, 0) is 13.5 Å². The fourth-order valence-electron chi connectivity index (χ4n) is 1.03. The van der Waals surface area contributed by atoms with Crippen LogP contribution in [0.5, 0.6) is 0 Å². The largest absolute Gasteiger partial charge is 0.382 e. The van der Waals surface area contributed by atoms with E-state index in [1.54, 1.807) is 7.11 Å². The first-order valence-corrected chi connectivity index (χ1v) is 5.19. The first-order valence-electron chi connectivity index (χ1n) is 5.19. The van der Waals surface area contributed by atoms with Gasteiger partial charge in [0.2, 0.25) is 0 Å². The Morgan fingerprint density at radius 2 is 1.71 bits per heavy atom. The highest BCUT2D eigenvalue weighted by molar-refractivity contribution is 4.56. The Labute approximate surface area is 86.9 Å². The number of ether oxygens (including phenoxy) is 3. The van der Waals surface area contributed by atoms with E-state index in [1.165, 1.54) is 0 Å². The van der Waals surface area contributed by atoms with E-state index in [2.05, 4.69) is 19.2 Å². The predicted octanol–water partition coefficient (Wildman–Crippen LogP) is 0.664. The summed E-state index contributed by atoms with van der Waals surface area (Å²) in [7, 11) is 1.66. The van der Waals surface area contributed by atoms with Crippen molar-refractivity contribution in [2.24, 2.45) is 0 Å². The van der Waals surface area contributed by atoms with E-state index in [1.807, 2.05) is 0 Å². The highest BCUT2D eigenvalue weighted by Gasteiger charge is 1.98. The second kappa shape index (κ2) is 10.9. The van der Waals surface area contributed by atoms with Crippen molar-refractivity contribution in [2.75, 3.05) is 46.7 Å². The van der Waals surface area contributed by atoms with Crippen molar-refractivity contribution >= 4 is 0 Å². The highest BCUT2D eigenvalue weighted by atomic mass is 16.5. The van der Waals surface area contributed by atoms with E-state index < -0.39 is 0 Å². The fraction of sp³-hybridized carbons (Fsp3) is 1.00. The lowest BCUT2D eigenvalue weighted by Gasteiger charge is -2.12. The van der Waals surface area contributed by atoms with E-state index >= 15 is 0 Å². The number of hydrogen-bond donors (Lipinski definition) is 1. The maximum Gasteiger partial charge on any atom is 0.0701 e. The molecule has 0 aliphatic heterocycles. The molecule has 4 nitrogen and oxygen atoms in total. The molecule has 0 spiro atoms. The van der Waals surface area contributed by atoms with Gasteiger partial charge in [0.25, 0.3) is 0 Å². The minimum Gasteiger partial charge on any atom is -0.382 e. The van der Waals surface area contributed by atoms with Gasteiger partial charge in [-0.2, -0.15) is 0 Å². The minimum absolute atomic E-state index is 0.416. The Kier molecular flexibility index (Phi) is 10.8. The Hall–Kier alpha value is -0.160. The molecule has 0 radical (unpaired) electrons. The van der Waals surface area contributed by atoms with Crippen molar-refractivity contribution in [2.45, 2.75) is 19.9 Å². The van der Waals surface area contributed by atoms with E-state index in [9.17, 15) is 0 Å². The Balaban J connectivity index is 2.98. The number of hydrogen-bond acceptors (Lipinski definition) is 4. The topological polar surface area (TPSA) is 39.7 Å². The van der Waals surface area contributed by atoms with Crippen molar-refractivity contribution in [1.29, 1.82) is 0 Å². The van der Waals surface area contributed by atoms with Gasteiger partial charge in [0.1, 0.15) is 0 Å². The third-order valence-corrected chi connectivity index (χ3v) is 1.72. The number of methoxy groups -OCH3 is 1. The summed E-state index contributed by atoms with van der Waals surface area (Å²) >= 11 is 0. The Bertz CT molecular complexity index is 112. The smallest absolute Gasteiger partial charge is 0.0701 e. The van der Waals surface area contributed by atoms with Gasteiger partial charge in [-0.3, -0.25) is 0 Å². The average Bonchev–Trinajstić information content (AvgIpc) is 2.17. The van der Waals surface area contributed by atoms with E-state index in [0.717, 1.165) is 13.2 Å². The van der Waals surface area contributed by atoms with Crippen molar-refractivity contribution in [3.8, 4) is 0 Å². The van der Waals surface area contributed by atoms with E-state index in [0.29, 0.717) is 32.5 Å². The van der Waals surface area contributed by atoms with Gasteiger partial charge in [-0.1, -0.05) is 6.92 Å². The van der Waals surface area contributed by atoms with Crippen LogP contribution in [0.15, 0.2) is 0 Å². The summed E-state index contributed by atoms with van der Waals surface area (Å²) in [5.41, 5.74) is 0. The molecule has 86 valence electrons. The van der Waals surface area contributed by atoms with Gasteiger partial charge in [-0.25, -0.2) is 0 Å². The van der Waals surface area contributed by atoms with Gasteiger partial charge < -0.3 is 19.5 Å². The summed E-state index contributed by atoms with van der Waals surface area (Å²) < 4.78 is 15.5. The standard InChI is InChI=1S/C10H23NO3/c1-4-11-10(2)9-14-8-7-13-6-5-12-3/h10-11H,4-9H2,1-3H3. The average molecular weight is 205 g/mol. The van der Waals surface area contributed by atoms with Crippen LogP contribution >= 0.6 is 0 Å². The molecule has 1 N–H and O–H groups in total. The molecular formula is C10H23NO3. The lowest BCUT2D eigenvalue weighted by Crippen LogP contribution is -2.30. The van der Waals surface area contributed by atoms with Crippen LogP contribution < -0.4 is 5.32 Å². The SMILES string of the molecule is CCNC(C)COCCOCCOC. The molecule has 0 saturated carbocycles. The highest BCUT2D eigenvalue weighted by Crippen LogP contribution is 1.85. The third-order valence-electron chi connectivity index (χ3n) is 1.72. The summed E-state index contributed by atoms with van der Waals surface area (Å²) in [5.74, 6) is 0. The quantitative estimate of drug-likeness (QED) is 0.532. The number of rotatable bonds is 10. The van der Waals surface area contributed by atoms with Crippen LogP contribution in [0.1, 0.15) is 13.8 Å². The first-order chi connectivity index (χ1) is 6.81. The van der Waals surface area contributed by atoms with Crippen LogP contribution in [0.25, 0.3) is 0 Å². The summed E-state index contributed by atoms with van der Waals surface area (Å²) in [6, 6.07) is 0.416. The number of nitrogens with one attached hydrogen (secondary N) is 1. The molecule has 0 rings (SSSR count). The van der Waals surface area contributed by atoms with E-state index in [4.69, 9.17) is 14.2 Å². The van der Waals surface area contributed by atoms with Gasteiger partial charge in [0.05, 0.1) is 33.0 Å². The van der Waals surface area contributed by atoms with Crippen LogP contribution in [0.2, 0.25) is 0 Å². The predicted molar refractivity (Wildman–Crippen MR) is 56.7 cm³/mol. The summed E-state index contributed by atoms with van der Waals surface area (Å²) in [6.07, 6.45) is 0. The van der Waals surface area contributed by atoms with Crippen LogP contribution in [0, 0.1) is 0 Å². The summed E-state index contributed by atoms with van der Waals surface area (Å²) in [5, 5.41) is 3.27. The van der Waals surface area contributed by atoms with Crippen LogP contribution in [0.4, 0.5) is 0 Å². The molecule has 14 heavy (non-hydrogen) atoms. The molecule has 1 unspecified atom stereocenters. The van der Waals surface area contributed by atoms with Gasteiger partial charge in [0.15, 0.2) is 0 Å². The summed E-state index contributed by atoms with van der Waals surface area (Å²) in [6.45, 7) is 8.49. The number of likely N-dealkylation sites (N-methyl/N-ethyl adjacent to an activating group) is 1. The normalized spacial score (nSPS) is 13.1. The molecule has 0 aromatic heterocycles. The molecule has 1 atom stereocenters. The lowest BCUT2D eigenvalue weighted by atomic mass is 10.3. The van der Waals surface area contributed by atoms with Gasteiger partial charge >= 0.3 is 0 Å². The maximum absolute atomic E-state index is 5.40. The van der Waals surface area contributed by atoms with Crippen LogP contribution in [0.3, 0.4) is 0 Å². The Morgan fingerprint density at radius 1 is 1.07 bits per heavy atom. The van der Waals surface area contributed by atoms with Gasteiger partial charge in [-0.15, -0.1) is 0 Å². The van der Waals surface area contributed by atoms with Crippen molar-refractivity contribution in [3.05, 3.63) is 0 Å². The van der Waals surface area contributed by atoms with Crippen molar-refractivity contribution in [1.82, 2.24) is 5.32 Å². The molecule has 0 aliphatic carbocycles. The first kappa shape index (κ1) is 13.8. The summed E-state index contributed by atoms with van der Waals surface area (Å²) in [4.78, 5) is 0. The van der Waals surface area contributed by atoms with Gasteiger partial charge in [0, 0.05) is 13.2 Å². The molecule has 4 heteroatoms. The van der Waals surface area contributed by atoms with Crippen molar-refractivity contribution < 1.29 is 14.2 Å². The fourth-order valence-corrected chi connectivity index (χ4v) is 1.03. The van der Waals surface area contributed by atoms with Crippen LogP contribution in [-0.4, -0.2) is 52.7 Å².